The highest BCUT2D eigenvalue weighted by atomic mass is 32.2. The molecular weight excluding hydrogens is 576 g/mol. The lowest BCUT2D eigenvalue weighted by Crippen LogP contribution is -2.71. The molecule has 2 aliphatic rings. The molecule has 2 unspecified atom stereocenters. The first kappa shape index (κ1) is 28.0. The van der Waals surface area contributed by atoms with Crippen LogP contribution in [0.5, 0.6) is 0 Å². The van der Waals surface area contributed by atoms with Crippen LogP contribution in [-0.2, 0) is 37.1 Å². The molecule has 3 aromatic rings. The first-order chi connectivity index (χ1) is 19.7. The number of hydrogen-bond acceptors (Lipinski definition) is 12. The number of carbonyl (C=O) groups is 4. The summed E-state index contributed by atoms with van der Waals surface area (Å²) in [6, 6.07) is 2.63. The van der Waals surface area contributed by atoms with Crippen LogP contribution in [0.25, 0.3) is 11.2 Å². The number of anilines is 1. The predicted octanol–water partition coefficient (Wildman–Crippen LogP) is -1.19. The van der Waals surface area contributed by atoms with Crippen LogP contribution in [0.2, 0.25) is 0 Å². The number of carboxylic acids is 1. The summed E-state index contributed by atoms with van der Waals surface area (Å²) in [6.45, 7) is 2.38. The Morgan fingerprint density at radius 2 is 2.17 bits per heavy atom. The van der Waals surface area contributed by atoms with Crippen LogP contribution in [0.1, 0.15) is 19.2 Å². The molecule has 2 aliphatic heterocycles. The maximum absolute atomic E-state index is 13.2. The molecule has 2 atom stereocenters. The molecule has 0 radical (unpaired) electrons. The Bertz CT molecular complexity index is 1610. The zero-order valence-electron chi connectivity index (χ0n) is 21.6. The van der Waals surface area contributed by atoms with Gasteiger partial charge in [-0.2, -0.15) is 9.36 Å². The number of oxime groups is 1. The van der Waals surface area contributed by atoms with E-state index in [0.717, 1.165) is 17.0 Å². The van der Waals surface area contributed by atoms with Crippen molar-refractivity contribution in [3.8, 4) is 0 Å². The molecular formula is C23H25N10O6S2+. The number of fused-ring (bicyclic) bond motifs is 2. The van der Waals surface area contributed by atoms with E-state index in [1.807, 2.05) is 6.07 Å². The van der Waals surface area contributed by atoms with Gasteiger partial charge in [-0.1, -0.05) is 5.16 Å². The third-order valence-electron chi connectivity index (χ3n) is 6.30. The standard InChI is InChI=1S/C23H24N10O6S2/c1-2-39-29-14(17-28-23(25)41-30-17)19(35)27-15-20(36)33-16(22(37)38)11(9-40-21(15)33)8-31-6-3-4-12-18(31)26-10-32(12)7-5-13(24)34/h3-4,6,10,15,21H,2,5,7-9H2,1H3,(H5-,24,25,27,28,30,34,35,37,38)/p+1/b29-14-. The molecule has 1 saturated heterocycles. The van der Waals surface area contributed by atoms with E-state index in [-0.39, 0.29) is 47.7 Å². The van der Waals surface area contributed by atoms with Gasteiger partial charge in [-0.3, -0.25) is 19.3 Å². The number of primary amides is 1. The van der Waals surface area contributed by atoms with Crippen molar-refractivity contribution in [2.45, 2.75) is 37.8 Å². The van der Waals surface area contributed by atoms with Crippen molar-refractivity contribution in [2.24, 2.45) is 10.9 Å². The molecule has 214 valence electrons. The Kier molecular flexibility index (Phi) is 7.84. The van der Waals surface area contributed by atoms with Gasteiger partial charge in [0.05, 0.1) is 6.20 Å². The number of carbonyl (C=O) groups excluding carboxylic acids is 3. The second-order valence-electron chi connectivity index (χ2n) is 8.93. The van der Waals surface area contributed by atoms with Crippen molar-refractivity contribution < 1.29 is 33.7 Å². The van der Waals surface area contributed by atoms with Crippen LogP contribution in [0.4, 0.5) is 5.13 Å². The molecule has 1 fully saturated rings. The smallest absolute Gasteiger partial charge is 0.352 e. The molecule has 0 spiro atoms. The number of rotatable bonds is 11. The van der Waals surface area contributed by atoms with E-state index in [4.69, 9.17) is 16.3 Å². The number of nitrogens with one attached hydrogen (secondary N) is 1. The normalized spacial score (nSPS) is 18.7. The van der Waals surface area contributed by atoms with Gasteiger partial charge in [0.15, 0.2) is 5.13 Å². The number of nitrogens with zero attached hydrogens (tertiary/aromatic N) is 7. The minimum absolute atomic E-state index is 0.0462. The van der Waals surface area contributed by atoms with Gasteiger partial charge in [0.1, 0.15) is 35.8 Å². The van der Waals surface area contributed by atoms with Crippen LogP contribution in [-0.4, -0.2) is 82.1 Å². The maximum Gasteiger partial charge on any atom is 0.352 e. The predicted molar refractivity (Wildman–Crippen MR) is 146 cm³/mol. The SMILES string of the molecule is CCO/N=C(\C(=O)NC1C(=O)N2C(C(=O)O)=C(C[n+]3cccc4c3ncn4CCC(N)=O)CSC12)c1nsc(N)n1. The van der Waals surface area contributed by atoms with E-state index < -0.39 is 35.1 Å². The lowest BCUT2D eigenvalue weighted by atomic mass is 10.0. The van der Waals surface area contributed by atoms with Crippen molar-refractivity contribution in [2.75, 3.05) is 18.1 Å². The Hall–Kier alpha value is -4.58. The molecule has 5 heterocycles. The Morgan fingerprint density at radius 3 is 2.85 bits per heavy atom. The number of pyridine rings is 1. The van der Waals surface area contributed by atoms with Crippen LogP contribution in [0.15, 0.2) is 41.1 Å². The van der Waals surface area contributed by atoms with Crippen molar-refractivity contribution >= 4 is 69.0 Å². The Morgan fingerprint density at radius 1 is 1.37 bits per heavy atom. The number of aryl methyl sites for hydroxylation is 1. The van der Waals surface area contributed by atoms with Gasteiger partial charge in [0.25, 0.3) is 11.8 Å². The van der Waals surface area contributed by atoms with Gasteiger partial charge in [0, 0.05) is 35.8 Å². The molecule has 18 heteroatoms. The third-order valence-corrected chi connectivity index (χ3v) is 8.18. The summed E-state index contributed by atoms with van der Waals surface area (Å²) in [7, 11) is 0. The fraction of sp³-hybridized carbons (Fsp3) is 0.348. The number of nitrogens with two attached hydrogens (primary N) is 2. The van der Waals surface area contributed by atoms with Crippen LogP contribution in [0, 0.1) is 0 Å². The first-order valence-corrected chi connectivity index (χ1v) is 14.1. The van der Waals surface area contributed by atoms with Crippen molar-refractivity contribution in [1.82, 2.24) is 29.1 Å². The number of nitrogen functional groups attached to an aromatic ring is 1. The fourth-order valence-corrected chi connectivity index (χ4v) is 6.25. The van der Waals surface area contributed by atoms with Crippen molar-refractivity contribution in [3.05, 3.63) is 41.8 Å². The van der Waals surface area contributed by atoms with Gasteiger partial charge < -0.3 is 31.3 Å². The van der Waals surface area contributed by atoms with Gasteiger partial charge in [-0.15, -0.1) is 11.8 Å². The van der Waals surface area contributed by atoms with Crippen LogP contribution in [0.3, 0.4) is 0 Å². The number of hydrogen-bond donors (Lipinski definition) is 4. The molecule has 16 nitrogen and oxygen atoms in total. The van der Waals surface area contributed by atoms with E-state index in [0.29, 0.717) is 17.8 Å². The maximum atomic E-state index is 13.2. The number of amides is 3. The number of carboxylic acid groups (broad SMARTS) is 1. The largest absolute Gasteiger partial charge is 0.477 e. The second-order valence-corrected chi connectivity index (χ2v) is 10.8. The molecule has 0 bridgehead atoms. The summed E-state index contributed by atoms with van der Waals surface area (Å²) < 4.78 is 7.56. The Balaban J connectivity index is 1.36. The lowest BCUT2D eigenvalue weighted by Gasteiger charge is -2.49. The number of β-lactam (4-membered cyclic amide) rings is 1. The zero-order valence-corrected chi connectivity index (χ0v) is 23.2. The van der Waals surface area contributed by atoms with Gasteiger partial charge in [0.2, 0.25) is 23.8 Å². The number of aliphatic carboxylic acids is 1. The molecule has 0 saturated carbocycles. The van der Waals surface area contributed by atoms with E-state index in [1.54, 1.807) is 34.6 Å². The number of aromatic nitrogens is 5. The summed E-state index contributed by atoms with van der Waals surface area (Å²) in [5.41, 5.74) is 12.3. The quantitative estimate of drug-likeness (QED) is 0.0885. The average molecular weight is 602 g/mol. The zero-order chi connectivity index (χ0) is 29.3. The minimum atomic E-state index is -1.26. The van der Waals surface area contributed by atoms with E-state index in [9.17, 15) is 24.3 Å². The highest BCUT2D eigenvalue weighted by molar-refractivity contribution is 8.00. The van der Waals surface area contributed by atoms with E-state index in [2.05, 4.69) is 24.8 Å². The second kappa shape index (κ2) is 11.5. The minimum Gasteiger partial charge on any atom is -0.477 e. The van der Waals surface area contributed by atoms with Crippen molar-refractivity contribution in [1.29, 1.82) is 0 Å². The van der Waals surface area contributed by atoms with E-state index in [1.165, 1.54) is 16.7 Å². The molecule has 0 aliphatic carbocycles. The summed E-state index contributed by atoms with van der Waals surface area (Å²) in [6.07, 6.45) is 3.50. The molecule has 6 N–H and O–H groups in total. The van der Waals surface area contributed by atoms with Gasteiger partial charge >= 0.3 is 11.6 Å². The van der Waals surface area contributed by atoms with Gasteiger partial charge in [-0.05, 0) is 24.0 Å². The number of imidazole rings is 1. The van der Waals surface area contributed by atoms with Crippen molar-refractivity contribution in [3.63, 3.8) is 0 Å². The highest BCUT2D eigenvalue weighted by Gasteiger charge is 2.54. The van der Waals surface area contributed by atoms with E-state index >= 15 is 0 Å². The molecule has 41 heavy (non-hydrogen) atoms. The summed E-state index contributed by atoms with van der Waals surface area (Å²) >= 11 is 2.20. The molecule has 3 amide bonds. The monoisotopic (exact) mass is 601 g/mol. The first-order valence-electron chi connectivity index (χ1n) is 12.3. The van der Waals surface area contributed by atoms with Crippen LogP contribution < -0.4 is 21.4 Å². The van der Waals surface area contributed by atoms with Gasteiger partial charge in [-0.25, -0.2) is 9.36 Å². The summed E-state index contributed by atoms with van der Waals surface area (Å²) in [5, 5.41) is 16.0. The molecule has 3 aromatic heterocycles. The Labute approximate surface area is 240 Å². The summed E-state index contributed by atoms with van der Waals surface area (Å²) in [4.78, 5) is 64.4. The third kappa shape index (κ3) is 5.42. The molecule has 0 aromatic carbocycles. The summed E-state index contributed by atoms with van der Waals surface area (Å²) in [5.74, 6) is -2.78. The van der Waals surface area contributed by atoms with Crippen LogP contribution >= 0.6 is 23.3 Å². The molecule has 5 rings (SSSR count). The number of thioether (sulfide) groups is 1. The topological polar surface area (TPSA) is 225 Å². The highest BCUT2D eigenvalue weighted by Crippen LogP contribution is 2.40. The average Bonchev–Trinajstić information content (AvgIpc) is 3.57. The fourth-order valence-electron chi connectivity index (χ4n) is 4.48. The lowest BCUT2D eigenvalue weighted by molar-refractivity contribution is -0.664.